The molecule has 0 unspecified atom stereocenters. The van der Waals surface area contributed by atoms with Crippen LogP contribution in [0.1, 0.15) is 54.2 Å². The number of nitrogens with zero attached hydrogens (tertiary/aromatic N) is 3. The van der Waals surface area contributed by atoms with Gasteiger partial charge in [0.15, 0.2) is 5.69 Å². The summed E-state index contributed by atoms with van der Waals surface area (Å²) in [7, 11) is 2.97. The fourth-order valence-corrected chi connectivity index (χ4v) is 2.84. The first kappa shape index (κ1) is 23.6. The molecule has 0 radical (unpaired) electrons. The molecule has 168 valence electrons. The van der Waals surface area contributed by atoms with Gasteiger partial charge in [-0.2, -0.15) is 0 Å². The molecule has 0 saturated heterocycles. The van der Waals surface area contributed by atoms with E-state index in [1.54, 1.807) is 39.0 Å². The van der Waals surface area contributed by atoms with Crippen molar-refractivity contribution in [3.05, 3.63) is 29.6 Å². The maximum Gasteiger partial charge on any atom is 0.361 e. The van der Waals surface area contributed by atoms with Crippen molar-refractivity contribution in [2.45, 2.75) is 33.2 Å². The highest BCUT2D eigenvalue weighted by Gasteiger charge is 2.33. The van der Waals surface area contributed by atoms with Crippen LogP contribution in [-0.2, 0) is 14.3 Å². The Hall–Kier alpha value is -3.63. The number of hydrogen-bond acceptors (Lipinski definition) is 9. The van der Waals surface area contributed by atoms with Crippen molar-refractivity contribution in [3.63, 3.8) is 0 Å². The highest BCUT2D eigenvalue weighted by atomic mass is 16.5. The number of ether oxygens (including phenoxy) is 4. The predicted molar refractivity (Wildman–Crippen MR) is 109 cm³/mol. The van der Waals surface area contributed by atoms with Crippen molar-refractivity contribution in [1.82, 2.24) is 15.0 Å². The number of aromatic nitrogens is 3. The first-order valence-electron chi connectivity index (χ1n) is 9.73. The molecule has 1 N–H and O–H groups in total. The summed E-state index contributed by atoms with van der Waals surface area (Å²) in [6.07, 6.45) is 0.246. The molecule has 0 aliphatic carbocycles. The fraction of sp³-hybridized carbons (Fsp3) is 0.450. The number of esters is 2. The summed E-state index contributed by atoms with van der Waals surface area (Å²) >= 11 is 0. The minimum absolute atomic E-state index is 0.0657. The molecular weight excluding hydrogens is 408 g/mol. The Labute approximate surface area is 179 Å². The lowest BCUT2D eigenvalue weighted by Crippen LogP contribution is -2.30. The van der Waals surface area contributed by atoms with E-state index in [-0.39, 0.29) is 31.0 Å². The Bertz CT molecular complexity index is 942. The molecule has 0 spiro atoms. The number of benzene rings is 1. The third kappa shape index (κ3) is 5.30. The van der Waals surface area contributed by atoms with Crippen molar-refractivity contribution < 1.29 is 33.3 Å². The largest absolute Gasteiger partial charge is 0.497 e. The molecule has 2 aromatic rings. The molecule has 31 heavy (non-hydrogen) atoms. The van der Waals surface area contributed by atoms with Gasteiger partial charge in [-0.3, -0.25) is 4.79 Å². The summed E-state index contributed by atoms with van der Waals surface area (Å²) < 4.78 is 21.5. The number of rotatable bonds is 10. The van der Waals surface area contributed by atoms with Gasteiger partial charge in [-0.25, -0.2) is 14.3 Å². The quantitative estimate of drug-likeness (QED) is 0.559. The number of nitrogens with one attached hydrogen (secondary N) is 1. The maximum absolute atomic E-state index is 13.1. The minimum Gasteiger partial charge on any atom is -0.497 e. The molecule has 0 bridgehead atoms. The van der Waals surface area contributed by atoms with Crippen LogP contribution in [-0.4, -0.2) is 60.3 Å². The molecular formula is C20H26N4O7. The standard InChI is InChI=1S/C20H26N4O7/c1-6-14(18(25)21-13-11-12(28-4)9-10-15(13)29-5)24-17(20(27)31-8-3)16(22-23-24)19(26)30-7-2/h9-11,14H,6-8H2,1-5H3,(H,21,25)/t14-/m0/s1. The van der Waals surface area contributed by atoms with Crippen LogP contribution in [0.15, 0.2) is 18.2 Å². The third-order valence-electron chi connectivity index (χ3n) is 4.28. The lowest BCUT2D eigenvalue weighted by atomic mass is 10.1. The molecule has 2 rings (SSSR count). The Morgan fingerprint density at radius 3 is 2.29 bits per heavy atom. The Kier molecular flexibility index (Phi) is 8.35. The lowest BCUT2D eigenvalue weighted by molar-refractivity contribution is -0.119. The van der Waals surface area contributed by atoms with Crippen molar-refractivity contribution in [2.24, 2.45) is 0 Å². The number of carbonyl (C=O) groups excluding carboxylic acids is 3. The molecule has 1 atom stereocenters. The smallest absolute Gasteiger partial charge is 0.361 e. The lowest BCUT2D eigenvalue weighted by Gasteiger charge is -2.18. The van der Waals surface area contributed by atoms with Crippen molar-refractivity contribution >= 4 is 23.5 Å². The predicted octanol–water partition coefficient (Wildman–Crippen LogP) is 2.24. The van der Waals surface area contributed by atoms with Gasteiger partial charge >= 0.3 is 11.9 Å². The summed E-state index contributed by atoms with van der Waals surface area (Å²) in [6.45, 7) is 5.12. The second kappa shape index (κ2) is 11.0. The van der Waals surface area contributed by atoms with E-state index in [9.17, 15) is 14.4 Å². The van der Waals surface area contributed by atoms with E-state index in [1.165, 1.54) is 14.2 Å². The molecule has 1 heterocycles. The van der Waals surface area contributed by atoms with E-state index in [0.717, 1.165) is 4.68 Å². The van der Waals surface area contributed by atoms with E-state index >= 15 is 0 Å². The average Bonchev–Trinajstić information content (AvgIpc) is 3.19. The maximum atomic E-state index is 13.1. The van der Waals surface area contributed by atoms with E-state index in [2.05, 4.69) is 15.6 Å². The number of amides is 1. The van der Waals surface area contributed by atoms with E-state index in [4.69, 9.17) is 18.9 Å². The monoisotopic (exact) mass is 434 g/mol. The van der Waals surface area contributed by atoms with Crippen LogP contribution in [0.25, 0.3) is 0 Å². The topological polar surface area (TPSA) is 131 Å². The van der Waals surface area contributed by atoms with Crippen LogP contribution >= 0.6 is 0 Å². The summed E-state index contributed by atoms with van der Waals surface area (Å²) in [5, 5.41) is 10.4. The number of carbonyl (C=O) groups is 3. The Morgan fingerprint density at radius 2 is 1.71 bits per heavy atom. The van der Waals surface area contributed by atoms with Gasteiger partial charge in [-0.15, -0.1) is 5.10 Å². The number of anilines is 1. The average molecular weight is 434 g/mol. The summed E-state index contributed by atoms with van der Waals surface area (Å²) in [5.74, 6) is -1.23. The zero-order valence-corrected chi connectivity index (χ0v) is 18.1. The van der Waals surface area contributed by atoms with Gasteiger partial charge in [-0.05, 0) is 32.4 Å². The SMILES string of the molecule is CCOC(=O)c1nnn([C@@H](CC)C(=O)Nc2cc(OC)ccc2OC)c1C(=O)OCC. The second-order valence-electron chi connectivity index (χ2n) is 6.15. The van der Waals surface area contributed by atoms with Gasteiger partial charge in [0.1, 0.15) is 17.5 Å². The van der Waals surface area contributed by atoms with Crippen LogP contribution in [0.4, 0.5) is 5.69 Å². The van der Waals surface area contributed by atoms with Crippen molar-refractivity contribution in [3.8, 4) is 11.5 Å². The van der Waals surface area contributed by atoms with E-state index in [0.29, 0.717) is 17.2 Å². The van der Waals surface area contributed by atoms with Crippen LogP contribution in [0.2, 0.25) is 0 Å². The molecule has 0 aliphatic heterocycles. The molecule has 0 aliphatic rings. The first-order valence-corrected chi connectivity index (χ1v) is 9.73. The highest BCUT2D eigenvalue weighted by molar-refractivity contribution is 6.01. The molecule has 11 nitrogen and oxygen atoms in total. The van der Waals surface area contributed by atoms with Gasteiger partial charge in [0.2, 0.25) is 11.6 Å². The van der Waals surface area contributed by atoms with Gasteiger partial charge in [-0.1, -0.05) is 12.1 Å². The van der Waals surface area contributed by atoms with E-state index in [1.807, 2.05) is 0 Å². The van der Waals surface area contributed by atoms with Crippen LogP contribution < -0.4 is 14.8 Å². The molecule has 1 aromatic carbocycles. The summed E-state index contributed by atoms with van der Waals surface area (Å²) in [5.41, 5.74) is -0.195. The molecule has 0 saturated carbocycles. The van der Waals surface area contributed by atoms with Gasteiger partial charge in [0, 0.05) is 6.07 Å². The zero-order valence-electron chi connectivity index (χ0n) is 18.1. The molecule has 11 heteroatoms. The van der Waals surface area contributed by atoms with E-state index < -0.39 is 23.9 Å². The molecule has 1 aromatic heterocycles. The fourth-order valence-electron chi connectivity index (χ4n) is 2.84. The highest BCUT2D eigenvalue weighted by Crippen LogP contribution is 2.30. The first-order chi connectivity index (χ1) is 14.9. The summed E-state index contributed by atoms with van der Waals surface area (Å²) in [6, 6.07) is 3.97. The zero-order chi connectivity index (χ0) is 23.0. The Balaban J connectivity index is 2.44. The third-order valence-corrected chi connectivity index (χ3v) is 4.28. The second-order valence-corrected chi connectivity index (χ2v) is 6.15. The number of methoxy groups -OCH3 is 2. The summed E-state index contributed by atoms with van der Waals surface area (Å²) in [4.78, 5) is 37.9. The van der Waals surface area contributed by atoms with Crippen LogP contribution in [0.3, 0.4) is 0 Å². The van der Waals surface area contributed by atoms with Gasteiger partial charge in [0.25, 0.3) is 0 Å². The van der Waals surface area contributed by atoms with Gasteiger partial charge in [0.05, 0.1) is 33.1 Å². The van der Waals surface area contributed by atoms with Crippen molar-refractivity contribution in [1.29, 1.82) is 0 Å². The normalized spacial score (nSPS) is 11.4. The molecule has 1 amide bonds. The van der Waals surface area contributed by atoms with Crippen molar-refractivity contribution in [2.75, 3.05) is 32.8 Å². The van der Waals surface area contributed by atoms with Gasteiger partial charge < -0.3 is 24.3 Å². The number of hydrogen-bond donors (Lipinski definition) is 1. The minimum atomic E-state index is -0.967. The Morgan fingerprint density at radius 1 is 1.03 bits per heavy atom. The van der Waals surface area contributed by atoms with Crippen LogP contribution in [0.5, 0.6) is 11.5 Å². The molecule has 0 fully saturated rings. The van der Waals surface area contributed by atoms with Crippen LogP contribution in [0, 0.1) is 0 Å².